The van der Waals surface area contributed by atoms with Gasteiger partial charge in [0.1, 0.15) is 0 Å². The fraction of sp³-hybridized carbons (Fsp3) is 0.154. The number of fused-ring (bicyclic) bond motifs is 1. The molecule has 0 aliphatic carbocycles. The van der Waals surface area contributed by atoms with Crippen molar-refractivity contribution in [3.8, 4) is 0 Å². The molecule has 0 aromatic carbocycles. The number of nitrogens with zero attached hydrogens (tertiary/aromatic N) is 2. The van der Waals surface area contributed by atoms with E-state index < -0.39 is 0 Å². The van der Waals surface area contributed by atoms with Crippen LogP contribution < -0.4 is 11.3 Å². The van der Waals surface area contributed by atoms with Crippen molar-refractivity contribution in [1.82, 2.24) is 15.0 Å². The third kappa shape index (κ3) is 2.44. The van der Waals surface area contributed by atoms with Crippen LogP contribution in [-0.2, 0) is 6.42 Å². The molecular weight excluding hydrogens is 324 g/mol. The Labute approximate surface area is 123 Å². The number of hydrazine groups is 1. The number of pyridine rings is 1. The monoisotopic (exact) mass is 336 g/mol. The topological polar surface area (TPSA) is 55.3 Å². The maximum atomic E-state index is 5.72. The number of rotatable bonds is 4. The molecule has 0 fully saturated rings. The maximum absolute atomic E-state index is 5.72. The predicted octanol–water partition coefficient (Wildman–Crippen LogP) is 2.91. The molecule has 98 valence electrons. The summed E-state index contributed by atoms with van der Waals surface area (Å²) in [5, 5.41) is 6.42. The van der Waals surface area contributed by atoms with E-state index >= 15 is 0 Å². The first-order valence-corrected chi connectivity index (χ1v) is 7.57. The van der Waals surface area contributed by atoms with Crippen molar-refractivity contribution in [2.75, 3.05) is 0 Å². The van der Waals surface area contributed by atoms with Gasteiger partial charge in [0.2, 0.25) is 0 Å². The SMILES string of the molecule is NNC(Cc1sccc1Br)c1cnn2ccccc12. The van der Waals surface area contributed by atoms with E-state index in [0.717, 1.165) is 22.0 Å². The first-order valence-electron chi connectivity index (χ1n) is 5.90. The molecule has 0 spiro atoms. The molecule has 3 aromatic heterocycles. The average molecular weight is 337 g/mol. The molecule has 6 heteroatoms. The molecule has 4 nitrogen and oxygen atoms in total. The van der Waals surface area contributed by atoms with Gasteiger partial charge in [-0.3, -0.25) is 11.3 Å². The van der Waals surface area contributed by atoms with Crippen LogP contribution in [0.15, 0.2) is 46.5 Å². The summed E-state index contributed by atoms with van der Waals surface area (Å²) >= 11 is 5.28. The quantitative estimate of drug-likeness (QED) is 0.569. The van der Waals surface area contributed by atoms with Gasteiger partial charge in [0.25, 0.3) is 0 Å². The Bertz CT molecular complexity index is 691. The second-order valence-corrected chi connectivity index (χ2v) is 6.10. The molecule has 0 aliphatic rings. The highest BCUT2D eigenvalue weighted by Gasteiger charge is 2.17. The van der Waals surface area contributed by atoms with E-state index in [9.17, 15) is 0 Å². The molecule has 1 unspecified atom stereocenters. The highest BCUT2D eigenvalue weighted by molar-refractivity contribution is 9.10. The van der Waals surface area contributed by atoms with Crippen LogP contribution >= 0.6 is 27.3 Å². The van der Waals surface area contributed by atoms with Gasteiger partial charge < -0.3 is 0 Å². The second kappa shape index (κ2) is 5.42. The van der Waals surface area contributed by atoms with Crippen LogP contribution in [0.3, 0.4) is 0 Å². The van der Waals surface area contributed by atoms with Gasteiger partial charge >= 0.3 is 0 Å². The van der Waals surface area contributed by atoms with Gasteiger partial charge in [-0.05, 0) is 39.5 Å². The third-order valence-corrected chi connectivity index (χ3v) is 5.06. The maximum Gasteiger partial charge on any atom is 0.0710 e. The van der Waals surface area contributed by atoms with Crippen molar-refractivity contribution in [3.05, 3.63) is 57.0 Å². The van der Waals surface area contributed by atoms with Crippen molar-refractivity contribution in [3.63, 3.8) is 0 Å². The Morgan fingerprint density at radius 3 is 3.05 bits per heavy atom. The van der Waals surface area contributed by atoms with Crippen LogP contribution in [0.1, 0.15) is 16.5 Å². The van der Waals surface area contributed by atoms with E-state index in [1.54, 1.807) is 11.3 Å². The first-order chi connectivity index (χ1) is 9.29. The zero-order valence-corrected chi connectivity index (χ0v) is 12.5. The number of aromatic nitrogens is 2. The van der Waals surface area contributed by atoms with Crippen molar-refractivity contribution >= 4 is 32.8 Å². The summed E-state index contributed by atoms with van der Waals surface area (Å²) in [5.74, 6) is 5.72. The van der Waals surface area contributed by atoms with Crippen molar-refractivity contribution in [2.24, 2.45) is 5.84 Å². The highest BCUT2D eigenvalue weighted by atomic mass is 79.9. The fourth-order valence-corrected chi connectivity index (χ4v) is 3.70. The van der Waals surface area contributed by atoms with E-state index in [1.165, 1.54) is 4.88 Å². The lowest BCUT2D eigenvalue weighted by atomic mass is 10.1. The minimum absolute atomic E-state index is 0.0508. The van der Waals surface area contributed by atoms with Crippen LogP contribution in [0.2, 0.25) is 0 Å². The number of hydrogen-bond donors (Lipinski definition) is 2. The molecule has 19 heavy (non-hydrogen) atoms. The van der Waals surface area contributed by atoms with Gasteiger partial charge in [-0.15, -0.1) is 11.3 Å². The van der Waals surface area contributed by atoms with Gasteiger partial charge in [0.15, 0.2) is 0 Å². The van der Waals surface area contributed by atoms with Crippen LogP contribution in [0, 0.1) is 0 Å². The Balaban J connectivity index is 1.96. The molecular formula is C13H13BrN4S. The van der Waals surface area contributed by atoms with Gasteiger partial charge in [0.05, 0.1) is 17.8 Å². The number of hydrogen-bond acceptors (Lipinski definition) is 4. The Hall–Kier alpha value is -1.21. The number of halogens is 1. The van der Waals surface area contributed by atoms with Crippen molar-refractivity contribution in [2.45, 2.75) is 12.5 Å². The highest BCUT2D eigenvalue weighted by Crippen LogP contribution is 2.29. The number of thiophene rings is 1. The molecule has 0 radical (unpaired) electrons. The number of nitrogens with two attached hydrogens (primary N) is 1. The third-order valence-electron chi connectivity index (χ3n) is 3.11. The van der Waals surface area contributed by atoms with E-state index in [1.807, 2.05) is 29.0 Å². The van der Waals surface area contributed by atoms with E-state index in [4.69, 9.17) is 5.84 Å². The molecule has 0 bridgehead atoms. The van der Waals surface area contributed by atoms with E-state index in [2.05, 4.69) is 44.0 Å². The largest absolute Gasteiger partial charge is 0.271 e. The molecule has 3 N–H and O–H groups in total. The zero-order chi connectivity index (χ0) is 13.2. The lowest BCUT2D eigenvalue weighted by Crippen LogP contribution is -2.29. The van der Waals surface area contributed by atoms with Crippen LogP contribution in [0.5, 0.6) is 0 Å². The smallest absolute Gasteiger partial charge is 0.0710 e. The summed E-state index contributed by atoms with van der Waals surface area (Å²) in [6.07, 6.45) is 4.65. The van der Waals surface area contributed by atoms with Crippen molar-refractivity contribution < 1.29 is 0 Å². The van der Waals surface area contributed by atoms with Crippen LogP contribution in [0.25, 0.3) is 5.52 Å². The molecule has 3 heterocycles. The summed E-state index contributed by atoms with van der Waals surface area (Å²) in [6.45, 7) is 0. The van der Waals surface area contributed by atoms with Gasteiger partial charge in [-0.2, -0.15) is 5.10 Å². The number of nitrogens with one attached hydrogen (secondary N) is 1. The fourth-order valence-electron chi connectivity index (χ4n) is 2.14. The molecule has 0 saturated heterocycles. The Kier molecular flexibility index (Phi) is 3.65. The summed E-state index contributed by atoms with van der Waals surface area (Å²) < 4.78 is 3.00. The van der Waals surface area contributed by atoms with E-state index in [0.29, 0.717) is 0 Å². The van der Waals surface area contributed by atoms with Gasteiger partial charge in [-0.1, -0.05) is 6.07 Å². The summed E-state index contributed by atoms with van der Waals surface area (Å²) in [6, 6.07) is 8.13. The normalized spacial score (nSPS) is 12.9. The lowest BCUT2D eigenvalue weighted by Gasteiger charge is -2.14. The van der Waals surface area contributed by atoms with Gasteiger partial charge in [-0.25, -0.2) is 4.52 Å². The first kappa shape index (κ1) is 12.8. The summed E-state index contributed by atoms with van der Waals surface area (Å²) in [5.41, 5.74) is 5.09. The zero-order valence-electron chi connectivity index (χ0n) is 10.1. The molecule has 0 amide bonds. The molecule has 0 aliphatic heterocycles. The summed E-state index contributed by atoms with van der Waals surface area (Å²) in [7, 11) is 0. The van der Waals surface area contributed by atoms with Crippen molar-refractivity contribution in [1.29, 1.82) is 0 Å². The minimum atomic E-state index is 0.0508. The Morgan fingerprint density at radius 1 is 1.42 bits per heavy atom. The van der Waals surface area contributed by atoms with E-state index in [-0.39, 0.29) is 6.04 Å². The molecule has 3 aromatic rings. The molecule has 3 rings (SSSR count). The second-order valence-electron chi connectivity index (χ2n) is 4.25. The Morgan fingerprint density at radius 2 is 2.32 bits per heavy atom. The molecule has 1 atom stereocenters. The van der Waals surface area contributed by atoms with Gasteiger partial charge in [0, 0.05) is 27.5 Å². The predicted molar refractivity (Wildman–Crippen MR) is 81.0 cm³/mol. The average Bonchev–Trinajstić information content (AvgIpc) is 3.03. The standard InChI is InChI=1S/C13H13BrN4S/c14-10-4-6-19-13(10)7-11(17-15)9-8-16-18-5-2-1-3-12(9)18/h1-6,8,11,17H,7,15H2. The molecule has 0 saturated carbocycles. The lowest BCUT2D eigenvalue weighted by molar-refractivity contribution is 0.558. The van der Waals surface area contributed by atoms with Crippen LogP contribution in [-0.4, -0.2) is 9.61 Å². The minimum Gasteiger partial charge on any atom is -0.271 e. The summed E-state index contributed by atoms with van der Waals surface area (Å²) in [4.78, 5) is 1.28. The van der Waals surface area contributed by atoms with Crippen LogP contribution in [0.4, 0.5) is 0 Å².